The molecule has 0 heteroatoms. The zero-order valence-corrected chi connectivity index (χ0v) is 6.81. The Bertz CT molecular complexity index is 245. The zero-order valence-electron chi connectivity index (χ0n) is 7.81. The summed E-state index contributed by atoms with van der Waals surface area (Å²) in [6.45, 7) is 5.86. The molecule has 54 valence electrons. The van der Waals surface area contributed by atoms with E-state index in [0.29, 0.717) is 0 Å². The van der Waals surface area contributed by atoms with Crippen LogP contribution in [0.15, 0.2) is 24.3 Å². The van der Waals surface area contributed by atoms with Crippen LogP contribution in [0.3, 0.4) is 0 Å². The fraction of sp³-hybridized carbons (Fsp3) is 0.400. The fourth-order valence-electron chi connectivity index (χ4n) is 0.956. The smallest absolute Gasteiger partial charge is 0.0347 e. The highest BCUT2D eigenvalue weighted by Gasteiger charge is 1.96. The van der Waals surface area contributed by atoms with Gasteiger partial charge in [-0.1, -0.05) is 43.7 Å². The Morgan fingerprint density at radius 2 is 2.10 bits per heavy atom. The molecule has 1 aromatic rings. The SMILES string of the molecule is [2H]C(C)(C)c1cccc(C)c1. The van der Waals surface area contributed by atoms with E-state index in [0.717, 1.165) is 5.56 Å². The summed E-state index contributed by atoms with van der Waals surface area (Å²) in [6.07, 6.45) is 0. The van der Waals surface area contributed by atoms with Crippen LogP contribution in [0.25, 0.3) is 0 Å². The molecule has 0 fully saturated rings. The van der Waals surface area contributed by atoms with Crippen LogP contribution in [0.2, 0.25) is 0 Å². The van der Waals surface area contributed by atoms with E-state index in [4.69, 9.17) is 1.37 Å². The molecule has 0 aromatic heterocycles. The van der Waals surface area contributed by atoms with E-state index >= 15 is 0 Å². The molecule has 0 N–H and O–H groups in total. The van der Waals surface area contributed by atoms with Gasteiger partial charge in [0.05, 0.1) is 0 Å². The first-order valence-corrected chi connectivity index (χ1v) is 3.57. The fourth-order valence-corrected chi connectivity index (χ4v) is 0.956. The number of aryl methyl sites for hydroxylation is 1. The summed E-state index contributed by atoms with van der Waals surface area (Å²) in [7, 11) is 0. The second kappa shape index (κ2) is 2.87. The highest BCUT2D eigenvalue weighted by Crippen LogP contribution is 2.14. The molecule has 0 amide bonds. The van der Waals surface area contributed by atoms with Gasteiger partial charge in [0.1, 0.15) is 0 Å². The van der Waals surface area contributed by atoms with Crippen molar-refractivity contribution in [1.29, 1.82) is 0 Å². The summed E-state index contributed by atoms with van der Waals surface area (Å²) in [6, 6.07) is 8.11. The Balaban J connectivity index is 3.06. The van der Waals surface area contributed by atoms with Crippen LogP contribution in [0.1, 0.15) is 32.2 Å². The molecule has 10 heavy (non-hydrogen) atoms. The lowest BCUT2D eigenvalue weighted by molar-refractivity contribution is 0.865. The largest absolute Gasteiger partial charge is 0.0617 e. The van der Waals surface area contributed by atoms with Gasteiger partial charge in [-0.3, -0.25) is 0 Å². The van der Waals surface area contributed by atoms with E-state index in [9.17, 15) is 0 Å². The minimum Gasteiger partial charge on any atom is -0.0617 e. The maximum atomic E-state index is 7.77. The summed E-state index contributed by atoms with van der Waals surface area (Å²) in [5, 5.41) is 0. The zero-order chi connectivity index (χ0) is 8.48. The second-order valence-corrected chi connectivity index (χ2v) is 2.87. The molecular weight excluding hydrogens is 120 g/mol. The van der Waals surface area contributed by atoms with Gasteiger partial charge >= 0.3 is 0 Å². The van der Waals surface area contributed by atoms with E-state index in [1.54, 1.807) is 0 Å². The second-order valence-electron chi connectivity index (χ2n) is 2.87. The molecule has 0 nitrogen and oxygen atoms in total. The lowest BCUT2D eigenvalue weighted by atomic mass is 10.0. The van der Waals surface area contributed by atoms with Crippen LogP contribution in [0.5, 0.6) is 0 Å². The molecule has 0 aliphatic rings. The van der Waals surface area contributed by atoms with Crippen molar-refractivity contribution < 1.29 is 1.37 Å². The number of hydrogen-bond acceptors (Lipinski definition) is 0. The summed E-state index contributed by atoms with van der Waals surface area (Å²) < 4.78 is 7.77. The van der Waals surface area contributed by atoms with Gasteiger partial charge in [0.15, 0.2) is 0 Å². The van der Waals surface area contributed by atoms with Crippen LogP contribution in [-0.4, -0.2) is 0 Å². The van der Waals surface area contributed by atoms with Gasteiger partial charge < -0.3 is 0 Å². The molecule has 0 aliphatic carbocycles. The summed E-state index contributed by atoms with van der Waals surface area (Å²) in [5.74, 6) is -0.466. The van der Waals surface area contributed by atoms with Crippen molar-refractivity contribution in [2.45, 2.75) is 26.7 Å². The minimum absolute atomic E-state index is 0.466. The van der Waals surface area contributed by atoms with Gasteiger partial charge in [-0.25, -0.2) is 0 Å². The monoisotopic (exact) mass is 135 g/mol. The van der Waals surface area contributed by atoms with Gasteiger partial charge in [-0.05, 0) is 18.4 Å². The number of benzene rings is 1. The van der Waals surface area contributed by atoms with Crippen LogP contribution in [0.4, 0.5) is 0 Å². The first-order chi connectivity index (χ1) is 5.00. The van der Waals surface area contributed by atoms with E-state index in [-0.39, 0.29) is 0 Å². The number of hydrogen-bond donors (Lipinski definition) is 0. The molecule has 0 atom stereocenters. The molecule has 1 rings (SSSR count). The lowest BCUT2D eigenvalue weighted by Crippen LogP contribution is -1.86. The van der Waals surface area contributed by atoms with Crippen LogP contribution < -0.4 is 0 Å². The van der Waals surface area contributed by atoms with Crippen LogP contribution >= 0.6 is 0 Å². The van der Waals surface area contributed by atoms with E-state index < -0.39 is 5.89 Å². The molecule has 0 bridgehead atoms. The van der Waals surface area contributed by atoms with Gasteiger partial charge in [0.2, 0.25) is 0 Å². The molecule has 0 saturated heterocycles. The van der Waals surface area contributed by atoms with E-state index in [1.807, 2.05) is 26.0 Å². The maximum absolute atomic E-state index is 7.77. The van der Waals surface area contributed by atoms with Crippen molar-refractivity contribution in [3.63, 3.8) is 0 Å². The van der Waals surface area contributed by atoms with Crippen molar-refractivity contribution in [3.05, 3.63) is 35.4 Å². The predicted octanol–water partition coefficient (Wildman–Crippen LogP) is 3.12. The number of rotatable bonds is 1. The van der Waals surface area contributed by atoms with Crippen molar-refractivity contribution in [2.75, 3.05) is 0 Å². The molecule has 0 saturated carbocycles. The summed E-state index contributed by atoms with van der Waals surface area (Å²) >= 11 is 0. The maximum Gasteiger partial charge on any atom is 0.0347 e. The Hall–Kier alpha value is -0.780. The van der Waals surface area contributed by atoms with Crippen LogP contribution in [0, 0.1) is 6.92 Å². The van der Waals surface area contributed by atoms with Crippen LogP contribution in [-0.2, 0) is 0 Å². The highest BCUT2D eigenvalue weighted by molar-refractivity contribution is 5.24. The Labute approximate surface area is 64.3 Å². The molecular formula is C10H14. The summed E-state index contributed by atoms with van der Waals surface area (Å²) in [4.78, 5) is 0. The van der Waals surface area contributed by atoms with Gasteiger partial charge in [-0.2, -0.15) is 0 Å². The quantitative estimate of drug-likeness (QED) is 0.555. The van der Waals surface area contributed by atoms with E-state index in [2.05, 4.69) is 19.1 Å². The third-order valence-corrected chi connectivity index (χ3v) is 1.60. The van der Waals surface area contributed by atoms with Crippen molar-refractivity contribution >= 4 is 0 Å². The van der Waals surface area contributed by atoms with Gasteiger partial charge in [0, 0.05) is 1.37 Å². The molecule has 1 aromatic carbocycles. The summed E-state index contributed by atoms with van der Waals surface area (Å²) in [5.41, 5.74) is 2.31. The lowest BCUT2D eigenvalue weighted by Gasteiger charge is -2.04. The Morgan fingerprint density at radius 3 is 2.50 bits per heavy atom. The van der Waals surface area contributed by atoms with Gasteiger partial charge in [0.25, 0.3) is 0 Å². The van der Waals surface area contributed by atoms with Crippen molar-refractivity contribution in [2.24, 2.45) is 0 Å². The first kappa shape index (κ1) is 5.96. The predicted molar refractivity (Wildman–Crippen MR) is 45.3 cm³/mol. The molecule has 0 heterocycles. The molecule has 0 spiro atoms. The van der Waals surface area contributed by atoms with Crippen molar-refractivity contribution in [1.82, 2.24) is 0 Å². The molecule has 0 unspecified atom stereocenters. The highest BCUT2D eigenvalue weighted by atomic mass is 14.0. The third kappa shape index (κ3) is 1.60. The van der Waals surface area contributed by atoms with E-state index in [1.165, 1.54) is 5.56 Å². The minimum atomic E-state index is -0.466. The standard InChI is InChI=1S/C10H14/c1-8(2)10-6-4-5-9(3)7-10/h4-8H,1-3H3/i8D. The normalized spacial score (nSPS) is 12.9. The molecule has 0 radical (unpaired) electrons. The molecule has 0 aliphatic heterocycles. The topological polar surface area (TPSA) is 0 Å². The van der Waals surface area contributed by atoms with Crippen molar-refractivity contribution in [3.8, 4) is 0 Å². The van der Waals surface area contributed by atoms with Gasteiger partial charge in [-0.15, -0.1) is 0 Å². The average Bonchev–Trinajstić information content (AvgIpc) is 1.86. The first-order valence-electron chi connectivity index (χ1n) is 4.07. The Kier molecular flexibility index (Phi) is 1.71. The third-order valence-electron chi connectivity index (χ3n) is 1.60. The Morgan fingerprint density at radius 1 is 1.40 bits per heavy atom. The average molecular weight is 135 g/mol.